The Morgan fingerprint density at radius 3 is 1.95 bits per heavy atom. The van der Waals surface area contributed by atoms with E-state index in [1.165, 1.54) is 27.8 Å². The molecule has 3 aromatic heterocycles. The van der Waals surface area contributed by atoms with Crippen molar-refractivity contribution in [2.45, 2.75) is 19.3 Å². The van der Waals surface area contributed by atoms with Crippen LogP contribution in [-0.4, -0.2) is 14.5 Å². The molecule has 0 atom stereocenters. The van der Waals surface area contributed by atoms with E-state index in [0.29, 0.717) is 5.82 Å². The van der Waals surface area contributed by atoms with Crippen LogP contribution in [0.5, 0.6) is 0 Å². The zero-order valence-electron chi connectivity index (χ0n) is 32.6. The Labute approximate surface area is 341 Å². The molecule has 59 heavy (non-hydrogen) atoms. The van der Waals surface area contributed by atoms with Crippen LogP contribution in [0.4, 0.5) is 0 Å². The second-order valence-electron chi connectivity index (χ2n) is 16.2. The maximum Gasteiger partial charge on any atom is 0.162 e. The van der Waals surface area contributed by atoms with Gasteiger partial charge in [-0.1, -0.05) is 166 Å². The second kappa shape index (κ2) is 12.7. The van der Waals surface area contributed by atoms with Crippen LogP contribution < -0.4 is 0 Å². The summed E-state index contributed by atoms with van der Waals surface area (Å²) in [5, 5.41) is 4.39. The molecule has 0 amide bonds. The van der Waals surface area contributed by atoms with Gasteiger partial charge in [-0.2, -0.15) is 0 Å². The first kappa shape index (κ1) is 33.6. The van der Waals surface area contributed by atoms with Gasteiger partial charge in [-0.05, 0) is 75.3 Å². The molecule has 0 unspecified atom stereocenters. The van der Waals surface area contributed by atoms with Crippen LogP contribution >= 0.6 is 0 Å². The van der Waals surface area contributed by atoms with Gasteiger partial charge < -0.3 is 4.42 Å². The number of furan rings is 1. The number of hydrogen-bond acceptors (Lipinski definition) is 3. The van der Waals surface area contributed by atoms with Gasteiger partial charge in [0.15, 0.2) is 5.82 Å². The molecule has 0 saturated heterocycles. The molecule has 0 aliphatic heterocycles. The third-order valence-corrected chi connectivity index (χ3v) is 12.4. The van der Waals surface area contributed by atoms with Crippen LogP contribution in [0.2, 0.25) is 0 Å². The largest absolute Gasteiger partial charge is 0.455 e. The lowest BCUT2D eigenvalue weighted by Gasteiger charge is -2.22. The molecule has 11 aromatic rings. The van der Waals surface area contributed by atoms with E-state index in [0.717, 1.165) is 83.1 Å². The molecule has 4 heteroatoms. The summed E-state index contributed by atoms with van der Waals surface area (Å²) in [7, 11) is 0. The molecule has 0 spiro atoms. The molecule has 0 radical (unpaired) electrons. The van der Waals surface area contributed by atoms with Crippen molar-refractivity contribution in [3.63, 3.8) is 0 Å². The highest BCUT2D eigenvalue weighted by Crippen LogP contribution is 2.50. The summed E-state index contributed by atoms with van der Waals surface area (Å²) >= 11 is 0. The van der Waals surface area contributed by atoms with Gasteiger partial charge in [-0.15, -0.1) is 0 Å². The summed E-state index contributed by atoms with van der Waals surface area (Å²) in [6, 6.07) is 66.9. The maximum atomic E-state index is 6.40. The summed E-state index contributed by atoms with van der Waals surface area (Å²) in [4.78, 5) is 10.9. The fraction of sp³-hybridized carbons (Fsp3) is 0.0545. The van der Waals surface area contributed by atoms with Crippen LogP contribution in [0, 0.1) is 0 Å². The van der Waals surface area contributed by atoms with Crippen LogP contribution in [0.3, 0.4) is 0 Å². The molecule has 8 aromatic carbocycles. The highest BCUT2D eigenvalue weighted by atomic mass is 16.3. The molecule has 278 valence electrons. The molecule has 12 rings (SSSR count). The third-order valence-electron chi connectivity index (χ3n) is 12.4. The van der Waals surface area contributed by atoms with E-state index in [4.69, 9.17) is 14.4 Å². The lowest BCUT2D eigenvalue weighted by Crippen LogP contribution is -2.14. The van der Waals surface area contributed by atoms with Crippen LogP contribution in [-0.2, 0) is 5.41 Å². The maximum absolute atomic E-state index is 6.40. The van der Waals surface area contributed by atoms with E-state index in [-0.39, 0.29) is 5.41 Å². The standard InChI is InChI=1S/C55H37N3O/c1-55(2)46-22-11-9-18-41(46)42-30-28-38(33-47(42)55)37-29-31-48-45(32-37)50-51(35-14-5-3-6-15-35)56-53(57-54(50)58(48)39-16-7-4-8-17-39)36-26-24-34(25-27-36)40-20-13-21-44-43-19-10-12-23-49(43)59-52(40)44/h3-33H,1-2H3. The van der Waals surface area contributed by atoms with E-state index in [9.17, 15) is 0 Å². The molecule has 1 aliphatic carbocycles. The van der Waals surface area contributed by atoms with Crippen molar-refractivity contribution in [1.29, 1.82) is 0 Å². The average Bonchev–Trinajstić information content (AvgIpc) is 3.92. The van der Waals surface area contributed by atoms with E-state index in [1.807, 2.05) is 12.1 Å². The van der Waals surface area contributed by atoms with Gasteiger partial charge in [0.2, 0.25) is 0 Å². The Morgan fingerprint density at radius 1 is 0.458 bits per heavy atom. The molecule has 4 nitrogen and oxygen atoms in total. The molecule has 0 N–H and O–H groups in total. The summed E-state index contributed by atoms with van der Waals surface area (Å²) < 4.78 is 8.70. The van der Waals surface area contributed by atoms with Gasteiger partial charge in [-0.25, -0.2) is 9.97 Å². The van der Waals surface area contributed by atoms with E-state index >= 15 is 0 Å². The number of hydrogen-bond donors (Lipinski definition) is 0. The van der Waals surface area contributed by atoms with Crippen LogP contribution in [0.25, 0.3) is 106 Å². The average molecular weight is 756 g/mol. The number of fused-ring (bicyclic) bond motifs is 9. The van der Waals surface area contributed by atoms with Crippen molar-refractivity contribution >= 4 is 43.9 Å². The van der Waals surface area contributed by atoms with Crippen LogP contribution in [0.15, 0.2) is 192 Å². The molecule has 0 saturated carbocycles. The van der Waals surface area contributed by atoms with Gasteiger partial charge in [-0.3, -0.25) is 4.57 Å². The molecule has 1 aliphatic rings. The number of benzene rings is 8. The number of nitrogens with zero attached hydrogens (tertiary/aromatic N) is 3. The topological polar surface area (TPSA) is 43.9 Å². The normalized spacial score (nSPS) is 13.1. The number of para-hydroxylation sites is 3. The first-order chi connectivity index (χ1) is 29.0. The SMILES string of the molecule is CC1(C)c2ccccc2-c2ccc(-c3ccc4c(c3)c3c(-c5ccccc5)nc(-c5ccc(-c6cccc7c6oc6ccccc67)cc5)nc3n4-c3ccccc3)cc21. The van der Waals surface area contributed by atoms with Gasteiger partial charge in [0, 0.05) is 44.0 Å². The van der Waals surface area contributed by atoms with Gasteiger partial charge in [0.25, 0.3) is 0 Å². The zero-order valence-corrected chi connectivity index (χ0v) is 32.6. The minimum atomic E-state index is -0.0843. The minimum absolute atomic E-state index is 0.0843. The second-order valence-corrected chi connectivity index (χ2v) is 16.2. The molecule has 0 bridgehead atoms. The van der Waals surface area contributed by atoms with E-state index in [2.05, 4.69) is 194 Å². The Hall–Kier alpha value is -7.56. The number of aromatic nitrogens is 3. The highest BCUT2D eigenvalue weighted by molar-refractivity contribution is 6.15. The van der Waals surface area contributed by atoms with Gasteiger partial charge in [0.1, 0.15) is 16.8 Å². The number of rotatable bonds is 5. The first-order valence-corrected chi connectivity index (χ1v) is 20.2. The predicted molar refractivity (Wildman–Crippen MR) is 243 cm³/mol. The predicted octanol–water partition coefficient (Wildman–Crippen LogP) is 14.4. The Morgan fingerprint density at radius 2 is 1.10 bits per heavy atom. The lowest BCUT2D eigenvalue weighted by molar-refractivity contribution is 0.660. The quantitative estimate of drug-likeness (QED) is 0.176. The van der Waals surface area contributed by atoms with Crippen molar-refractivity contribution in [2.75, 3.05) is 0 Å². The summed E-state index contributed by atoms with van der Waals surface area (Å²) in [5.74, 6) is 0.672. The smallest absolute Gasteiger partial charge is 0.162 e. The fourth-order valence-corrected chi connectivity index (χ4v) is 9.51. The zero-order chi connectivity index (χ0) is 39.2. The first-order valence-electron chi connectivity index (χ1n) is 20.2. The summed E-state index contributed by atoms with van der Waals surface area (Å²) in [6.07, 6.45) is 0. The van der Waals surface area contributed by atoms with Crippen molar-refractivity contribution in [3.05, 3.63) is 199 Å². The van der Waals surface area contributed by atoms with E-state index < -0.39 is 0 Å². The lowest BCUT2D eigenvalue weighted by atomic mass is 9.81. The van der Waals surface area contributed by atoms with Gasteiger partial charge in [0.05, 0.1) is 16.6 Å². The van der Waals surface area contributed by atoms with Crippen molar-refractivity contribution in [2.24, 2.45) is 0 Å². The summed E-state index contributed by atoms with van der Waals surface area (Å²) in [5.41, 5.74) is 17.5. The van der Waals surface area contributed by atoms with Crippen molar-refractivity contribution in [1.82, 2.24) is 14.5 Å². The highest BCUT2D eigenvalue weighted by Gasteiger charge is 2.35. The third kappa shape index (κ3) is 5.09. The molecule has 3 heterocycles. The summed E-state index contributed by atoms with van der Waals surface area (Å²) in [6.45, 7) is 4.68. The Balaban J connectivity index is 1.05. The Kier molecular flexibility index (Phi) is 7.24. The molecular formula is C55H37N3O. The molecule has 0 fully saturated rings. The monoisotopic (exact) mass is 755 g/mol. The van der Waals surface area contributed by atoms with Gasteiger partial charge >= 0.3 is 0 Å². The Bertz CT molecular complexity index is 3450. The van der Waals surface area contributed by atoms with Crippen LogP contribution in [0.1, 0.15) is 25.0 Å². The van der Waals surface area contributed by atoms with E-state index in [1.54, 1.807) is 0 Å². The molecular weight excluding hydrogens is 719 g/mol. The van der Waals surface area contributed by atoms with Crippen molar-refractivity contribution in [3.8, 4) is 61.7 Å². The fourth-order valence-electron chi connectivity index (χ4n) is 9.51. The minimum Gasteiger partial charge on any atom is -0.455 e. The van der Waals surface area contributed by atoms with Crippen molar-refractivity contribution < 1.29 is 4.42 Å².